The second-order valence-corrected chi connectivity index (χ2v) is 4.45. The minimum Gasteiger partial charge on any atom is -0.216 e. The van der Waals surface area contributed by atoms with E-state index < -0.39 is 0 Å². The van der Waals surface area contributed by atoms with Gasteiger partial charge in [-0.1, -0.05) is 60.7 Å². The van der Waals surface area contributed by atoms with Crippen molar-refractivity contribution >= 4 is 12.8 Å². The second-order valence-electron chi connectivity index (χ2n) is 4.04. The van der Waals surface area contributed by atoms with Crippen LogP contribution in [0.5, 0.6) is 0 Å². The van der Waals surface area contributed by atoms with Crippen LogP contribution in [0.3, 0.4) is 0 Å². The quantitative estimate of drug-likeness (QED) is 0.685. The number of nitrogens with zero attached hydrogens (tertiary/aromatic N) is 2. The van der Waals surface area contributed by atoms with Crippen LogP contribution in [-0.4, -0.2) is 9.19 Å². The first kappa shape index (κ1) is 11.1. The normalized spacial score (nSPS) is 10.5. The largest absolute Gasteiger partial charge is 0.216 e. The number of aromatic nitrogens is 2. The van der Waals surface area contributed by atoms with Crippen molar-refractivity contribution in [2.45, 2.75) is 0 Å². The van der Waals surface area contributed by atoms with Gasteiger partial charge in [0.2, 0.25) is 0 Å². The summed E-state index contributed by atoms with van der Waals surface area (Å²) in [5.74, 6) is 0. The van der Waals surface area contributed by atoms with E-state index in [1.807, 2.05) is 42.6 Å². The molecule has 0 bridgehead atoms. The SMILES string of the molecule is Sn1cc(-c2ccccc2)c(-c2ccccc2)n1. The molecule has 1 heterocycles. The van der Waals surface area contributed by atoms with E-state index in [-0.39, 0.29) is 0 Å². The van der Waals surface area contributed by atoms with Crippen LogP contribution < -0.4 is 0 Å². The molecule has 0 N–H and O–H groups in total. The zero-order valence-corrected chi connectivity index (χ0v) is 10.6. The van der Waals surface area contributed by atoms with Crippen molar-refractivity contribution in [2.24, 2.45) is 0 Å². The van der Waals surface area contributed by atoms with Gasteiger partial charge in [-0.05, 0) is 18.4 Å². The predicted octanol–water partition coefficient (Wildman–Crippen LogP) is 3.91. The molecule has 0 saturated heterocycles. The second kappa shape index (κ2) is 4.70. The lowest BCUT2D eigenvalue weighted by atomic mass is 10.0. The summed E-state index contributed by atoms with van der Waals surface area (Å²) in [6, 6.07) is 20.4. The average molecular weight is 252 g/mol. The summed E-state index contributed by atoms with van der Waals surface area (Å²) in [6.07, 6.45) is 1.93. The maximum absolute atomic E-state index is 4.44. The molecule has 2 nitrogen and oxygen atoms in total. The van der Waals surface area contributed by atoms with Crippen LogP contribution in [0.1, 0.15) is 0 Å². The van der Waals surface area contributed by atoms with E-state index in [0.717, 1.165) is 22.4 Å². The summed E-state index contributed by atoms with van der Waals surface area (Å²) in [7, 11) is 0. The van der Waals surface area contributed by atoms with Crippen LogP contribution in [0.15, 0.2) is 66.9 Å². The predicted molar refractivity (Wildman–Crippen MR) is 77.5 cm³/mol. The lowest BCUT2D eigenvalue weighted by Crippen LogP contribution is -1.83. The van der Waals surface area contributed by atoms with Crippen LogP contribution >= 0.6 is 12.8 Å². The van der Waals surface area contributed by atoms with Gasteiger partial charge in [-0.15, -0.1) is 0 Å². The molecule has 0 aliphatic carbocycles. The minimum atomic E-state index is 0.955. The summed E-state index contributed by atoms with van der Waals surface area (Å²) in [4.78, 5) is 0. The molecule has 2 aromatic carbocycles. The van der Waals surface area contributed by atoms with Gasteiger partial charge in [0.05, 0.1) is 0 Å². The third-order valence-electron chi connectivity index (χ3n) is 2.83. The molecule has 3 aromatic rings. The Morgan fingerprint density at radius 2 is 1.33 bits per heavy atom. The highest BCUT2D eigenvalue weighted by Crippen LogP contribution is 2.30. The van der Waals surface area contributed by atoms with Gasteiger partial charge in [0.1, 0.15) is 5.69 Å². The van der Waals surface area contributed by atoms with Crippen molar-refractivity contribution < 1.29 is 0 Å². The maximum Gasteiger partial charge on any atom is 0.101 e. The van der Waals surface area contributed by atoms with Gasteiger partial charge in [0, 0.05) is 17.3 Å². The highest BCUT2D eigenvalue weighted by molar-refractivity contribution is 7.78. The standard InChI is InChI=1S/C15H12N2S/c18-17-11-14(12-7-3-1-4-8-12)15(16-17)13-9-5-2-6-10-13/h1-11,18H. The van der Waals surface area contributed by atoms with Crippen LogP contribution in [0.2, 0.25) is 0 Å². The molecule has 0 unspecified atom stereocenters. The van der Waals surface area contributed by atoms with E-state index in [9.17, 15) is 0 Å². The highest BCUT2D eigenvalue weighted by atomic mass is 32.1. The first-order valence-corrected chi connectivity index (χ1v) is 6.14. The molecule has 0 amide bonds. The molecule has 0 aliphatic rings. The van der Waals surface area contributed by atoms with E-state index in [0.29, 0.717) is 0 Å². The first-order chi connectivity index (χ1) is 8.84. The number of rotatable bonds is 2. The summed E-state index contributed by atoms with van der Waals surface area (Å²) in [5.41, 5.74) is 4.30. The molecule has 3 heteroatoms. The number of thiol groups is 1. The van der Waals surface area contributed by atoms with Crippen LogP contribution in [0.4, 0.5) is 0 Å². The topological polar surface area (TPSA) is 17.8 Å². The summed E-state index contributed by atoms with van der Waals surface area (Å²) >= 11 is 4.28. The summed E-state index contributed by atoms with van der Waals surface area (Å²) < 4.78 is 1.56. The summed E-state index contributed by atoms with van der Waals surface area (Å²) in [5, 5.41) is 4.44. The van der Waals surface area contributed by atoms with E-state index in [4.69, 9.17) is 0 Å². The number of hydrogen-bond acceptors (Lipinski definition) is 2. The maximum atomic E-state index is 4.44. The molecule has 0 atom stereocenters. The molecule has 88 valence electrons. The Hall–Kier alpha value is -2.00. The van der Waals surface area contributed by atoms with Crippen molar-refractivity contribution in [3.8, 4) is 22.4 Å². The first-order valence-electron chi connectivity index (χ1n) is 5.74. The molecule has 3 rings (SSSR count). The fraction of sp³-hybridized carbons (Fsp3) is 0. The molecule has 0 aliphatic heterocycles. The average Bonchev–Trinajstić information content (AvgIpc) is 2.83. The lowest BCUT2D eigenvalue weighted by Gasteiger charge is -2.02. The Kier molecular flexibility index (Phi) is 2.90. The van der Waals surface area contributed by atoms with Crippen LogP contribution in [0, 0.1) is 0 Å². The zero-order valence-electron chi connectivity index (χ0n) is 9.69. The molecular weight excluding hydrogens is 240 g/mol. The van der Waals surface area contributed by atoms with Gasteiger partial charge < -0.3 is 0 Å². The Labute approximate surface area is 111 Å². The zero-order chi connectivity index (χ0) is 12.4. The Morgan fingerprint density at radius 1 is 0.778 bits per heavy atom. The van der Waals surface area contributed by atoms with Crippen molar-refractivity contribution in [1.82, 2.24) is 9.19 Å². The fourth-order valence-electron chi connectivity index (χ4n) is 2.00. The van der Waals surface area contributed by atoms with Crippen LogP contribution in [-0.2, 0) is 0 Å². The van der Waals surface area contributed by atoms with Crippen molar-refractivity contribution in [2.75, 3.05) is 0 Å². The van der Waals surface area contributed by atoms with Gasteiger partial charge in [-0.2, -0.15) is 5.10 Å². The third-order valence-corrected chi connectivity index (χ3v) is 3.04. The minimum absolute atomic E-state index is 0.955. The molecule has 1 aromatic heterocycles. The van der Waals surface area contributed by atoms with Gasteiger partial charge in [0.25, 0.3) is 0 Å². The smallest absolute Gasteiger partial charge is 0.101 e. The Bertz CT molecular complexity index is 588. The third kappa shape index (κ3) is 2.05. The molecule has 0 radical (unpaired) electrons. The molecule has 18 heavy (non-hydrogen) atoms. The van der Waals surface area contributed by atoms with Crippen molar-refractivity contribution in [3.05, 3.63) is 66.9 Å². The van der Waals surface area contributed by atoms with Crippen molar-refractivity contribution in [3.63, 3.8) is 0 Å². The molecular formula is C15H12N2S. The van der Waals surface area contributed by atoms with Crippen molar-refractivity contribution in [1.29, 1.82) is 0 Å². The van der Waals surface area contributed by atoms with E-state index in [1.165, 1.54) is 0 Å². The number of hydrogen-bond donors (Lipinski definition) is 1. The van der Waals surface area contributed by atoms with E-state index >= 15 is 0 Å². The van der Waals surface area contributed by atoms with Gasteiger partial charge >= 0.3 is 0 Å². The molecule has 0 spiro atoms. The van der Waals surface area contributed by atoms with Crippen LogP contribution in [0.25, 0.3) is 22.4 Å². The monoisotopic (exact) mass is 252 g/mol. The molecule has 0 saturated carbocycles. The number of benzene rings is 2. The molecule has 0 fully saturated rings. The van der Waals surface area contributed by atoms with E-state index in [2.05, 4.69) is 42.2 Å². The Morgan fingerprint density at radius 3 is 1.94 bits per heavy atom. The Balaban J connectivity index is 2.17. The summed E-state index contributed by atoms with van der Waals surface area (Å²) in [6.45, 7) is 0. The van der Waals surface area contributed by atoms with Gasteiger partial charge in [-0.25, -0.2) is 4.09 Å². The van der Waals surface area contributed by atoms with E-state index in [1.54, 1.807) is 4.09 Å². The lowest BCUT2D eigenvalue weighted by molar-refractivity contribution is 1.02. The highest BCUT2D eigenvalue weighted by Gasteiger charge is 2.11. The van der Waals surface area contributed by atoms with Gasteiger partial charge in [-0.3, -0.25) is 0 Å². The van der Waals surface area contributed by atoms with Gasteiger partial charge in [0.15, 0.2) is 0 Å². The fourth-order valence-corrected chi connectivity index (χ4v) is 2.20.